The van der Waals surface area contributed by atoms with Crippen molar-refractivity contribution in [3.63, 3.8) is 0 Å². The van der Waals surface area contributed by atoms with Crippen LogP contribution >= 0.6 is 22.9 Å². The quantitative estimate of drug-likeness (QED) is 0.318. The van der Waals surface area contributed by atoms with Crippen molar-refractivity contribution in [2.45, 2.75) is 48.5 Å². The molecule has 7 rings (SSSR count). The first-order valence-corrected chi connectivity index (χ1v) is 17.8. The van der Waals surface area contributed by atoms with Crippen LogP contribution in [0.1, 0.15) is 31.2 Å². The van der Waals surface area contributed by atoms with Gasteiger partial charge in [0.25, 0.3) is 10.0 Å². The Morgan fingerprint density at radius 3 is 2.59 bits per heavy atom. The molecule has 2 aromatic carbocycles. The van der Waals surface area contributed by atoms with Crippen LogP contribution in [0.4, 0.5) is 5.82 Å². The fraction of sp³-hybridized carbons (Fsp3) is 0.452. The molecule has 13 heteroatoms. The van der Waals surface area contributed by atoms with Crippen molar-refractivity contribution in [2.75, 3.05) is 51.5 Å². The summed E-state index contributed by atoms with van der Waals surface area (Å²) in [6.07, 6.45) is 6.19. The normalized spacial score (nSPS) is 21.6. The van der Waals surface area contributed by atoms with Crippen molar-refractivity contribution in [2.24, 2.45) is 0 Å². The lowest BCUT2D eigenvalue weighted by atomic mass is 10.0. The maximum Gasteiger partial charge on any atom is 0.253 e. The first-order chi connectivity index (χ1) is 21.2. The van der Waals surface area contributed by atoms with Crippen LogP contribution in [0.3, 0.4) is 0 Å². The van der Waals surface area contributed by atoms with Crippen LogP contribution in [-0.2, 0) is 21.4 Å². The number of piperazine rings is 1. The maximum absolute atomic E-state index is 13.9. The number of hydrogen-bond acceptors (Lipinski definition) is 9. The topological polar surface area (TPSA) is 116 Å². The highest BCUT2D eigenvalue weighted by Crippen LogP contribution is 2.34. The lowest BCUT2D eigenvalue weighted by Crippen LogP contribution is -2.61. The number of nitrogens with zero attached hydrogens (tertiary/aromatic N) is 6. The Hall–Kier alpha value is -2.87. The highest BCUT2D eigenvalue weighted by Gasteiger charge is 2.40. The lowest BCUT2D eigenvalue weighted by molar-refractivity contribution is -0.139. The number of nitrogen functional groups attached to an aromatic ring is 1. The molecule has 10 nitrogen and oxygen atoms in total. The van der Waals surface area contributed by atoms with E-state index in [2.05, 4.69) is 19.8 Å². The summed E-state index contributed by atoms with van der Waals surface area (Å²) in [5, 5.41) is 2.14. The molecule has 0 bridgehead atoms. The smallest absolute Gasteiger partial charge is 0.253 e. The molecule has 0 spiro atoms. The number of carbonyl (C=O) groups is 1. The van der Waals surface area contributed by atoms with Gasteiger partial charge in [-0.2, -0.15) is 4.31 Å². The Labute approximate surface area is 266 Å². The molecule has 232 valence electrons. The average molecular weight is 654 g/mol. The fourth-order valence-electron chi connectivity index (χ4n) is 6.93. The van der Waals surface area contributed by atoms with Gasteiger partial charge in [0.15, 0.2) is 0 Å². The van der Waals surface area contributed by atoms with Crippen molar-refractivity contribution in [3.8, 4) is 0 Å². The average Bonchev–Trinajstić information content (AvgIpc) is 3.70. The van der Waals surface area contributed by atoms with Gasteiger partial charge >= 0.3 is 0 Å². The largest absolute Gasteiger partial charge is 0.383 e. The molecule has 0 aliphatic carbocycles. The van der Waals surface area contributed by atoms with Gasteiger partial charge in [-0.1, -0.05) is 23.7 Å². The number of rotatable bonds is 7. The molecule has 1 atom stereocenters. The highest BCUT2D eigenvalue weighted by molar-refractivity contribution is 7.91. The van der Waals surface area contributed by atoms with Gasteiger partial charge in [0.05, 0.1) is 18.1 Å². The molecule has 3 fully saturated rings. The maximum atomic E-state index is 13.9. The zero-order valence-electron chi connectivity index (χ0n) is 24.4. The van der Waals surface area contributed by atoms with Gasteiger partial charge in [0, 0.05) is 40.8 Å². The number of amides is 1. The van der Waals surface area contributed by atoms with Gasteiger partial charge in [0.1, 0.15) is 16.4 Å². The summed E-state index contributed by atoms with van der Waals surface area (Å²) in [7, 11) is -3.89. The minimum Gasteiger partial charge on any atom is -0.383 e. The minimum absolute atomic E-state index is 0.201. The van der Waals surface area contributed by atoms with Crippen LogP contribution in [0, 0.1) is 0 Å². The first-order valence-electron chi connectivity index (χ1n) is 15.2. The highest BCUT2D eigenvalue weighted by atomic mass is 35.5. The predicted molar refractivity (Wildman–Crippen MR) is 174 cm³/mol. The summed E-state index contributed by atoms with van der Waals surface area (Å²) in [5.41, 5.74) is 7.66. The number of likely N-dealkylation sites (tertiary alicyclic amines) is 2. The van der Waals surface area contributed by atoms with Crippen LogP contribution < -0.4 is 5.73 Å². The summed E-state index contributed by atoms with van der Waals surface area (Å²) in [6, 6.07) is 13.1. The van der Waals surface area contributed by atoms with Gasteiger partial charge in [0.2, 0.25) is 5.91 Å². The third kappa shape index (κ3) is 5.91. The number of aromatic nitrogens is 2. The van der Waals surface area contributed by atoms with Crippen molar-refractivity contribution in [1.82, 2.24) is 29.0 Å². The van der Waals surface area contributed by atoms with E-state index in [0.29, 0.717) is 35.5 Å². The summed E-state index contributed by atoms with van der Waals surface area (Å²) < 4.78 is 30.3. The van der Waals surface area contributed by atoms with E-state index in [1.54, 1.807) is 18.2 Å². The number of hydrogen-bond donors (Lipinski definition) is 1. The third-order valence-corrected chi connectivity index (χ3v) is 12.9. The van der Waals surface area contributed by atoms with Crippen LogP contribution in [0.15, 0.2) is 53.0 Å². The number of halogens is 1. The van der Waals surface area contributed by atoms with Gasteiger partial charge in [-0.3, -0.25) is 4.79 Å². The molecular weight excluding hydrogens is 618 g/mol. The van der Waals surface area contributed by atoms with Crippen molar-refractivity contribution in [1.29, 1.82) is 0 Å². The van der Waals surface area contributed by atoms with Crippen LogP contribution in [0.2, 0.25) is 5.02 Å². The second-order valence-corrected chi connectivity index (χ2v) is 15.8. The molecule has 3 aliphatic heterocycles. The number of carbonyl (C=O) groups excluding carboxylic acids is 1. The predicted octanol–water partition coefficient (Wildman–Crippen LogP) is 4.04. The van der Waals surface area contributed by atoms with E-state index in [9.17, 15) is 13.2 Å². The number of sulfonamides is 1. The summed E-state index contributed by atoms with van der Waals surface area (Å²) in [6.45, 7) is 5.28. The minimum atomic E-state index is -3.89. The van der Waals surface area contributed by atoms with Gasteiger partial charge in [-0.05, 0) is 93.1 Å². The number of anilines is 1. The number of nitrogens with two attached hydrogens (primary N) is 1. The molecule has 2 N–H and O–H groups in total. The molecule has 5 heterocycles. The van der Waals surface area contributed by atoms with Gasteiger partial charge in [-0.25, -0.2) is 18.4 Å². The first kappa shape index (κ1) is 29.8. The van der Waals surface area contributed by atoms with E-state index in [1.807, 2.05) is 29.2 Å². The Bertz CT molecular complexity index is 1800. The number of benzene rings is 2. The molecule has 0 radical (unpaired) electrons. The zero-order valence-corrected chi connectivity index (χ0v) is 26.8. The second kappa shape index (κ2) is 12.1. The Balaban J connectivity index is 1.14. The van der Waals surface area contributed by atoms with E-state index in [0.717, 1.165) is 47.0 Å². The van der Waals surface area contributed by atoms with Crippen LogP contribution in [0.5, 0.6) is 0 Å². The number of thiophene rings is 1. The molecule has 4 aromatic rings. The van der Waals surface area contributed by atoms with E-state index in [1.165, 1.54) is 47.9 Å². The Morgan fingerprint density at radius 1 is 1.00 bits per heavy atom. The van der Waals surface area contributed by atoms with Crippen molar-refractivity contribution in [3.05, 3.63) is 59.4 Å². The molecule has 3 aliphatic rings. The second-order valence-electron chi connectivity index (χ2n) is 12.1. The fourth-order valence-corrected chi connectivity index (χ4v) is 10.2. The molecule has 2 aromatic heterocycles. The van der Waals surface area contributed by atoms with E-state index >= 15 is 0 Å². The van der Waals surface area contributed by atoms with Crippen molar-refractivity contribution >= 4 is 65.7 Å². The molecule has 44 heavy (non-hydrogen) atoms. The number of fused-ring (bicyclic) bond motifs is 2. The van der Waals surface area contributed by atoms with Crippen molar-refractivity contribution < 1.29 is 13.2 Å². The monoisotopic (exact) mass is 653 g/mol. The molecule has 0 saturated carbocycles. The standard InChI is InChI=1S/C31H36ClN7O3S2/c32-23-5-4-22-14-30(43-28(22)15-23)44(41,42)38-18-25(17-36-11-7-24(8-12-36)37-9-1-2-10-37)39(29(40)19-38)16-21-3-6-26-27(13-21)34-20-35-31(26)33/h3-6,13-15,20,24-25H,1-2,7-12,16-19H2,(H2,33,34,35). The molecule has 1 unspecified atom stereocenters. The summed E-state index contributed by atoms with van der Waals surface area (Å²) >= 11 is 7.36. The van der Waals surface area contributed by atoms with Crippen LogP contribution in [-0.4, -0.2) is 101 Å². The van der Waals surface area contributed by atoms with E-state index in [4.69, 9.17) is 17.3 Å². The lowest BCUT2D eigenvalue weighted by Gasteiger charge is -2.44. The molecule has 3 saturated heterocycles. The SMILES string of the molecule is Nc1ncnc2cc(CN3C(=O)CN(S(=O)(=O)c4cc5ccc(Cl)cc5s4)CC3CN3CCC(N4CCCC4)CC3)ccc12. The van der Waals surface area contributed by atoms with Gasteiger partial charge < -0.3 is 20.4 Å². The number of piperidine rings is 1. The molecular formula is C31H36ClN7O3S2. The molecule has 1 amide bonds. The third-order valence-electron chi connectivity index (χ3n) is 9.31. The Kier molecular flexibility index (Phi) is 8.23. The van der Waals surface area contributed by atoms with E-state index < -0.39 is 10.0 Å². The van der Waals surface area contributed by atoms with E-state index in [-0.39, 0.29) is 29.2 Å². The summed E-state index contributed by atoms with van der Waals surface area (Å²) in [5.74, 6) is 0.207. The van der Waals surface area contributed by atoms with Crippen LogP contribution in [0.25, 0.3) is 21.0 Å². The zero-order chi connectivity index (χ0) is 30.4. The Morgan fingerprint density at radius 2 is 1.80 bits per heavy atom. The summed E-state index contributed by atoms with van der Waals surface area (Å²) in [4.78, 5) is 29.2. The van der Waals surface area contributed by atoms with Gasteiger partial charge in [-0.15, -0.1) is 11.3 Å².